The summed E-state index contributed by atoms with van der Waals surface area (Å²) >= 11 is 6.77. The number of aromatic nitrogens is 1. The van der Waals surface area contributed by atoms with Gasteiger partial charge in [0, 0.05) is 0 Å². The van der Waals surface area contributed by atoms with Crippen molar-refractivity contribution < 1.29 is 0 Å². The van der Waals surface area contributed by atoms with Crippen molar-refractivity contribution in [1.82, 2.24) is 9.88 Å². The van der Waals surface area contributed by atoms with Gasteiger partial charge in [-0.3, -0.25) is 4.90 Å². The van der Waals surface area contributed by atoms with E-state index in [4.69, 9.17) is 22.9 Å². The van der Waals surface area contributed by atoms with E-state index in [-0.39, 0.29) is 0 Å². The largest absolute Gasteiger partial charge is 0.389 e. The van der Waals surface area contributed by atoms with Crippen molar-refractivity contribution in [3.8, 4) is 0 Å². The van der Waals surface area contributed by atoms with Gasteiger partial charge in [0.15, 0.2) is 0 Å². The van der Waals surface area contributed by atoms with Gasteiger partial charge in [0.25, 0.3) is 0 Å². The van der Waals surface area contributed by atoms with Gasteiger partial charge in [-0.15, -0.1) is 11.3 Å². The minimum Gasteiger partial charge on any atom is -0.389 e. The molecule has 2 N–H and O–H groups in total. The molecule has 0 unspecified atom stereocenters. The Kier molecular flexibility index (Phi) is 4.48. The molecule has 0 amide bonds. The fraction of sp³-hybridized carbons (Fsp3) is 0.667. The second kappa shape index (κ2) is 5.89. The average molecular weight is 269 g/mol. The molecule has 94 valence electrons. The van der Waals surface area contributed by atoms with E-state index < -0.39 is 0 Å². The maximum absolute atomic E-state index is 5.75. The molecule has 1 saturated heterocycles. The quantitative estimate of drug-likeness (QED) is 0.833. The van der Waals surface area contributed by atoms with Gasteiger partial charge in [0.2, 0.25) is 0 Å². The monoisotopic (exact) mass is 269 g/mol. The summed E-state index contributed by atoms with van der Waals surface area (Å²) in [7, 11) is 0. The molecule has 1 aliphatic heterocycles. The highest BCUT2D eigenvalue weighted by atomic mass is 32.1. The Morgan fingerprint density at radius 2 is 2.18 bits per heavy atom. The van der Waals surface area contributed by atoms with Crippen molar-refractivity contribution in [1.29, 1.82) is 0 Å². The number of nitrogens with two attached hydrogens (primary N) is 1. The lowest BCUT2D eigenvalue weighted by molar-refractivity contribution is 0.330. The number of aryl methyl sites for hydroxylation is 1. The third-order valence-electron chi connectivity index (χ3n) is 3.01. The van der Waals surface area contributed by atoms with Gasteiger partial charge in [-0.1, -0.05) is 25.6 Å². The first-order valence-corrected chi connectivity index (χ1v) is 7.44. The Hall–Kier alpha value is -0.520. The lowest BCUT2D eigenvalue weighted by Gasteiger charge is -2.11. The summed E-state index contributed by atoms with van der Waals surface area (Å²) in [4.78, 5) is 8.67. The summed E-state index contributed by atoms with van der Waals surface area (Å²) in [6.07, 6.45) is 4.69. The highest BCUT2D eigenvalue weighted by Crippen LogP contribution is 2.22. The molecule has 0 aromatic carbocycles. The van der Waals surface area contributed by atoms with Gasteiger partial charge in [-0.05, 0) is 32.4 Å². The van der Waals surface area contributed by atoms with Crippen molar-refractivity contribution in [2.75, 3.05) is 13.1 Å². The molecule has 0 spiro atoms. The molecule has 17 heavy (non-hydrogen) atoms. The molecule has 0 radical (unpaired) electrons. The van der Waals surface area contributed by atoms with E-state index >= 15 is 0 Å². The number of thiazole rings is 1. The van der Waals surface area contributed by atoms with E-state index in [9.17, 15) is 0 Å². The first-order valence-electron chi connectivity index (χ1n) is 6.21. The Balaban J connectivity index is 2.11. The van der Waals surface area contributed by atoms with Crippen molar-refractivity contribution in [2.45, 2.75) is 39.2 Å². The van der Waals surface area contributed by atoms with Crippen LogP contribution in [0.15, 0.2) is 0 Å². The van der Waals surface area contributed by atoms with Crippen LogP contribution in [0.1, 0.15) is 41.8 Å². The van der Waals surface area contributed by atoms with E-state index in [1.54, 1.807) is 11.3 Å². The van der Waals surface area contributed by atoms with Gasteiger partial charge >= 0.3 is 0 Å². The molecule has 5 heteroatoms. The summed E-state index contributed by atoms with van der Waals surface area (Å²) in [5, 5.41) is 1.16. The normalized spacial score (nSPS) is 16.5. The van der Waals surface area contributed by atoms with Crippen molar-refractivity contribution in [2.24, 2.45) is 5.73 Å². The molecular formula is C12H19N3S2. The zero-order valence-electron chi connectivity index (χ0n) is 10.2. The van der Waals surface area contributed by atoms with Gasteiger partial charge in [0.1, 0.15) is 10.00 Å². The number of likely N-dealkylation sites (tertiary alicyclic amines) is 1. The fourth-order valence-corrected chi connectivity index (χ4v) is 3.45. The van der Waals surface area contributed by atoms with Crippen LogP contribution >= 0.6 is 23.6 Å². The number of hydrogen-bond acceptors (Lipinski definition) is 4. The molecule has 1 aromatic rings. The van der Waals surface area contributed by atoms with E-state index in [2.05, 4.69) is 11.8 Å². The Morgan fingerprint density at radius 1 is 1.47 bits per heavy atom. The van der Waals surface area contributed by atoms with Gasteiger partial charge in [-0.25, -0.2) is 4.98 Å². The first kappa shape index (κ1) is 12.9. The lowest BCUT2D eigenvalue weighted by atomic mass is 10.2. The van der Waals surface area contributed by atoms with Crippen LogP contribution in [0.4, 0.5) is 0 Å². The number of thiocarbonyl (C=S) groups is 1. The Bertz CT molecular complexity index is 394. The van der Waals surface area contributed by atoms with Crippen LogP contribution in [0.3, 0.4) is 0 Å². The SMILES string of the molecule is CCCc1nc(CN2CCCC2)sc1C(N)=S. The molecule has 0 aliphatic carbocycles. The van der Waals surface area contributed by atoms with Crippen LogP contribution in [0.5, 0.6) is 0 Å². The summed E-state index contributed by atoms with van der Waals surface area (Å²) in [5.41, 5.74) is 6.85. The first-order chi connectivity index (χ1) is 8.20. The molecule has 1 aromatic heterocycles. The summed E-state index contributed by atoms with van der Waals surface area (Å²) in [6, 6.07) is 0. The second-order valence-corrected chi connectivity index (χ2v) is 6.00. The number of hydrogen-bond donors (Lipinski definition) is 1. The Labute approximate surface area is 112 Å². The maximum atomic E-state index is 5.75. The van der Waals surface area contributed by atoms with Crippen LogP contribution in [0.2, 0.25) is 0 Å². The number of nitrogens with zero attached hydrogens (tertiary/aromatic N) is 2. The molecule has 1 aliphatic rings. The predicted octanol–water partition coefficient (Wildman–Crippen LogP) is 2.33. The van der Waals surface area contributed by atoms with Crippen LogP contribution in [0, 0.1) is 0 Å². The minimum atomic E-state index is 0.499. The maximum Gasteiger partial charge on any atom is 0.116 e. The highest BCUT2D eigenvalue weighted by Gasteiger charge is 2.17. The molecule has 2 rings (SSSR count). The zero-order valence-corrected chi connectivity index (χ0v) is 11.9. The van der Waals surface area contributed by atoms with E-state index in [0.717, 1.165) is 35.0 Å². The van der Waals surface area contributed by atoms with Crippen molar-refractivity contribution >= 4 is 28.5 Å². The van der Waals surface area contributed by atoms with Crippen molar-refractivity contribution in [3.63, 3.8) is 0 Å². The molecule has 0 saturated carbocycles. The molecular weight excluding hydrogens is 250 g/mol. The fourth-order valence-electron chi connectivity index (χ4n) is 2.20. The number of rotatable bonds is 5. The second-order valence-electron chi connectivity index (χ2n) is 4.48. The molecule has 1 fully saturated rings. The van der Waals surface area contributed by atoms with Crippen molar-refractivity contribution in [3.05, 3.63) is 15.6 Å². The summed E-state index contributed by atoms with van der Waals surface area (Å²) in [5.74, 6) is 0. The van der Waals surface area contributed by atoms with Gasteiger partial charge in [-0.2, -0.15) is 0 Å². The molecule has 3 nitrogen and oxygen atoms in total. The predicted molar refractivity (Wildman–Crippen MR) is 76.5 cm³/mol. The third kappa shape index (κ3) is 3.24. The van der Waals surface area contributed by atoms with E-state index in [1.165, 1.54) is 25.9 Å². The third-order valence-corrected chi connectivity index (χ3v) is 4.46. The van der Waals surface area contributed by atoms with Gasteiger partial charge < -0.3 is 5.73 Å². The van der Waals surface area contributed by atoms with Crippen LogP contribution < -0.4 is 5.73 Å². The van der Waals surface area contributed by atoms with Crippen LogP contribution in [-0.2, 0) is 13.0 Å². The van der Waals surface area contributed by atoms with Crippen LogP contribution in [-0.4, -0.2) is 28.0 Å². The smallest absolute Gasteiger partial charge is 0.116 e. The zero-order chi connectivity index (χ0) is 12.3. The topological polar surface area (TPSA) is 42.2 Å². The summed E-state index contributed by atoms with van der Waals surface area (Å²) < 4.78 is 0. The van der Waals surface area contributed by atoms with E-state index in [0.29, 0.717) is 4.99 Å². The van der Waals surface area contributed by atoms with E-state index in [1.807, 2.05) is 0 Å². The average Bonchev–Trinajstić information content (AvgIpc) is 2.89. The van der Waals surface area contributed by atoms with Crippen LogP contribution in [0.25, 0.3) is 0 Å². The standard InChI is InChI=1S/C12H19N3S2/c1-2-5-9-11(12(13)16)17-10(14-9)8-15-6-3-4-7-15/h2-8H2,1H3,(H2,13,16). The summed E-state index contributed by atoms with van der Waals surface area (Å²) in [6.45, 7) is 5.52. The Morgan fingerprint density at radius 3 is 2.76 bits per heavy atom. The molecule has 0 atom stereocenters. The minimum absolute atomic E-state index is 0.499. The molecule has 0 bridgehead atoms. The van der Waals surface area contributed by atoms with Gasteiger partial charge in [0.05, 0.1) is 17.1 Å². The lowest BCUT2D eigenvalue weighted by Crippen LogP contribution is -2.18. The molecule has 2 heterocycles. The highest BCUT2D eigenvalue weighted by molar-refractivity contribution is 7.81.